The number of alkyl halides is 4. The maximum absolute atomic E-state index is 11.4. The number of imidazole rings is 1. The fourth-order valence-corrected chi connectivity index (χ4v) is 1.06. The number of rotatable bonds is 3. The molecule has 0 bridgehead atoms. The summed E-state index contributed by atoms with van der Waals surface area (Å²) in [4.78, 5) is 0. The van der Waals surface area contributed by atoms with Gasteiger partial charge in [-0.25, -0.2) is 17.7 Å². The molecule has 0 aliphatic carbocycles. The van der Waals surface area contributed by atoms with Crippen LogP contribution in [0.25, 0.3) is 0 Å². The quantitative estimate of drug-likeness (QED) is 0.474. The van der Waals surface area contributed by atoms with Crippen molar-refractivity contribution in [2.75, 3.05) is 0 Å². The molecule has 18 heavy (non-hydrogen) atoms. The van der Waals surface area contributed by atoms with Crippen molar-refractivity contribution in [2.24, 2.45) is 7.05 Å². The summed E-state index contributed by atoms with van der Waals surface area (Å²) in [6.07, 6.45) is -2.92. The molecule has 0 radical (unpaired) electrons. The Morgan fingerprint density at radius 3 is 2.28 bits per heavy atom. The van der Waals surface area contributed by atoms with E-state index in [1.165, 1.54) is 0 Å². The Hall–Kier alpha value is -1.00. The molecule has 0 saturated heterocycles. The smallest absolute Gasteiger partial charge is 0.446 e. The minimum Gasteiger partial charge on any atom is -0.750 e. The molecule has 106 valence electrons. The van der Waals surface area contributed by atoms with Gasteiger partial charge in [-0.15, -0.1) is 0 Å². The van der Waals surface area contributed by atoms with Crippen molar-refractivity contribution in [3.05, 3.63) is 18.7 Å². The molecule has 1 heterocycles. The number of hydrogen-bond acceptors (Lipinski definition) is 3. The first-order valence-corrected chi connectivity index (χ1v) is 5.65. The van der Waals surface area contributed by atoms with Crippen LogP contribution in [0.1, 0.15) is 6.92 Å². The highest BCUT2D eigenvalue weighted by atomic mass is 32.2. The minimum absolute atomic E-state index is 1.06. The number of nitrogens with zero attached hydrogens (tertiary/aromatic N) is 2. The molecule has 0 N–H and O–H groups in total. The third-order valence-electron chi connectivity index (χ3n) is 1.61. The topological polar surface area (TPSA) is 58.2 Å². The molecule has 0 fully saturated rings. The van der Waals surface area contributed by atoms with E-state index in [0.717, 1.165) is 6.54 Å². The average molecular weight is 292 g/mol. The van der Waals surface area contributed by atoms with E-state index >= 15 is 0 Å². The van der Waals surface area contributed by atoms with Gasteiger partial charge in [0.2, 0.25) is 6.33 Å². The van der Waals surface area contributed by atoms with Crippen molar-refractivity contribution in [2.45, 2.75) is 26.0 Å². The SMILES string of the molecule is CCn1cc[n+](C)c1.O=S([O-])OC(F)C(F)(F)F. The molecule has 0 amide bonds. The maximum atomic E-state index is 11.4. The Morgan fingerprint density at radius 1 is 1.56 bits per heavy atom. The van der Waals surface area contributed by atoms with E-state index in [1.54, 1.807) is 0 Å². The predicted molar refractivity (Wildman–Crippen MR) is 52.2 cm³/mol. The van der Waals surface area contributed by atoms with Crippen LogP contribution >= 0.6 is 0 Å². The zero-order valence-corrected chi connectivity index (χ0v) is 10.4. The van der Waals surface area contributed by atoms with Crippen LogP contribution in [0.2, 0.25) is 0 Å². The lowest BCUT2D eigenvalue weighted by Gasteiger charge is -2.12. The Labute approximate surface area is 103 Å². The molecule has 0 spiro atoms. The highest BCUT2D eigenvalue weighted by Crippen LogP contribution is 2.23. The van der Waals surface area contributed by atoms with Gasteiger partial charge in [0, 0.05) is 0 Å². The second-order valence-electron chi connectivity index (χ2n) is 3.07. The molecule has 1 aromatic rings. The van der Waals surface area contributed by atoms with E-state index in [2.05, 4.69) is 28.2 Å². The van der Waals surface area contributed by atoms with Crippen molar-refractivity contribution >= 4 is 11.4 Å². The van der Waals surface area contributed by atoms with Gasteiger partial charge in [0.15, 0.2) is 0 Å². The van der Waals surface area contributed by atoms with Gasteiger partial charge in [0.25, 0.3) is 0 Å². The van der Waals surface area contributed by atoms with Gasteiger partial charge in [0.05, 0.1) is 25.0 Å². The Morgan fingerprint density at radius 2 is 2.11 bits per heavy atom. The van der Waals surface area contributed by atoms with E-state index in [9.17, 15) is 26.3 Å². The molecule has 10 heteroatoms. The number of halogens is 4. The van der Waals surface area contributed by atoms with Crippen molar-refractivity contribution in [3.8, 4) is 0 Å². The molecule has 1 aromatic heterocycles. The lowest BCUT2D eigenvalue weighted by Crippen LogP contribution is -2.27. The van der Waals surface area contributed by atoms with Crippen LogP contribution < -0.4 is 4.57 Å². The van der Waals surface area contributed by atoms with Crippen molar-refractivity contribution in [1.29, 1.82) is 0 Å². The summed E-state index contributed by atoms with van der Waals surface area (Å²) in [5.74, 6) is 0. The van der Waals surface area contributed by atoms with Gasteiger partial charge >= 0.3 is 12.5 Å². The summed E-state index contributed by atoms with van der Waals surface area (Å²) < 4.78 is 70.0. The van der Waals surface area contributed by atoms with E-state index in [1.807, 2.05) is 17.8 Å². The largest absolute Gasteiger partial charge is 0.750 e. The average Bonchev–Trinajstić information content (AvgIpc) is 2.63. The Kier molecular flexibility index (Phi) is 7.02. The molecule has 0 aromatic carbocycles. The first kappa shape index (κ1) is 17.0. The number of hydrogen-bond donors (Lipinski definition) is 0. The van der Waals surface area contributed by atoms with E-state index in [0.29, 0.717) is 0 Å². The first-order chi connectivity index (χ1) is 8.16. The summed E-state index contributed by atoms with van der Waals surface area (Å²) in [6, 6.07) is 0. The van der Waals surface area contributed by atoms with E-state index in [4.69, 9.17) is 0 Å². The highest BCUT2D eigenvalue weighted by Gasteiger charge is 2.41. The molecule has 0 aliphatic rings. The zero-order valence-electron chi connectivity index (χ0n) is 9.56. The summed E-state index contributed by atoms with van der Waals surface area (Å²) in [5, 5.41) is 0. The maximum Gasteiger partial charge on any atom is 0.446 e. The van der Waals surface area contributed by atoms with Crippen molar-refractivity contribution in [1.82, 2.24) is 4.57 Å². The van der Waals surface area contributed by atoms with E-state index in [-0.39, 0.29) is 0 Å². The van der Waals surface area contributed by atoms with Crippen LogP contribution in [0.3, 0.4) is 0 Å². The third kappa shape index (κ3) is 7.35. The van der Waals surface area contributed by atoms with Gasteiger partial charge in [-0.2, -0.15) is 13.2 Å². The molecular weight excluding hydrogens is 280 g/mol. The summed E-state index contributed by atoms with van der Waals surface area (Å²) in [7, 11) is 2.02. The third-order valence-corrected chi connectivity index (χ3v) is 1.94. The molecule has 1 rings (SSSR count). The summed E-state index contributed by atoms with van der Waals surface area (Å²) in [5.41, 5.74) is 0. The number of aromatic nitrogens is 2. The minimum atomic E-state index is -5.29. The molecule has 0 aliphatic heterocycles. The lowest BCUT2D eigenvalue weighted by atomic mass is 10.7. The first-order valence-electron chi connectivity index (χ1n) is 4.65. The molecule has 0 saturated carbocycles. The van der Waals surface area contributed by atoms with Gasteiger partial charge in [-0.3, -0.25) is 4.18 Å². The Bertz CT molecular complexity index is 383. The van der Waals surface area contributed by atoms with Gasteiger partial charge in [0.1, 0.15) is 12.4 Å². The fraction of sp³-hybridized carbons (Fsp3) is 0.625. The van der Waals surface area contributed by atoms with Crippen LogP contribution in [0.4, 0.5) is 17.6 Å². The molecule has 2 atom stereocenters. The Balaban J connectivity index is 0.000000327. The molecular formula is C8H12F4N2O3S. The second-order valence-corrected chi connectivity index (χ2v) is 3.67. The monoisotopic (exact) mass is 292 g/mol. The standard InChI is InChI=1S/C6H11N2.C2H2F4O3S/c1-3-8-5-4-7(2)6-8;3-1(2(4,5)6)9-10(7)8/h4-6H,3H2,1-2H3;1H,(H,7,8)/q+1;/p-1. The fourth-order valence-electron chi connectivity index (χ4n) is 0.812. The molecule has 2 unspecified atom stereocenters. The normalized spacial score (nSPS) is 14.6. The van der Waals surface area contributed by atoms with Gasteiger partial charge < -0.3 is 4.55 Å². The van der Waals surface area contributed by atoms with Crippen molar-refractivity contribution in [3.63, 3.8) is 0 Å². The zero-order chi connectivity index (χ0) is 14.3. The van der Waals surface area contributed by atoms with Crippen molar-refractivity contribution < 1.29 is 35.1 Å². The second kappa shape index (κ2) is 7.44. The van der Waals surface area contributed by atoms with Crippen LogP contribution in [-0.2, 0) is 29.1 Å². The van der Waals surface area contributed by atoms with E-state index < -0.39 is 23.9 Å². The summed E-state index contributed by atoms with van der Waals surface area (Å²) in [6.45, 7) is 3.18. The molecule has 5 nitrogen and oxygen atoms in total. The number of aryl methyl sites for hydroxylation is 2. The highest BCUT2D eigenvalue weighted by molar-refractivity contribution is 7.74. The predicted octanol–water partition coefficient (Wildman–Crippen LogP) is 0.988. The van der Waals surface area contributed by atoms with Crippen LogP contribution in [0, 0.1) is 0 Å². The van der Waals surface area contributed by atoms with Gasteiger partial charge in [-0.05, 0) is 6.92 Å². The van der Waals surface area contributed by atoms with Crippen LogP contribution in [-0.4, -0.2) is 25.9 Å². The van der Waals surface area contributed by atoms with Gasteiger partial charge in [-0.1, -0.05) is 0 Å². The van der Waals surface area contributed by atoms with Crippen LogP contribution in [0.5, 0.6) is 0 Å². The van der Waals surface area contributed by atoms with Crippen LogP contribution in [0.15, 0.2) is 18.7 Å². The summed E-state index contributed by atoms with van der Waals surface area (Å²) >= 11 is -3.49. The lowest BCUT2D eigenvalue weighted by molar-refractivity contribution is -0.671.